The first kappa shape index (κ1) is 14.0. The topological polar surface area (TPSA) is 68.5 Å². The number of nitrogens with zero attached hydrogens (tertiary/aromatic N) is 2. The molecule has 6 heteroatoms. The van der Waals surface area contributed by atoms with Gasteiger partial charge in [0.15, 0.2) is 0 Å². The summed E-state index contributed by atoms with van der Waals surface area (Å²) in [4.78, 5) is 18.8. The number of amides is 1. The van der Waals surface area contributed by atoms with Crippen LogP contribution in [0.4, 0.5) is 5.69 Å². The van der Waals surface area contributed by atoms with E-state index in [-0.39, 0.29) is 11.9 Å². The zero-order valence-corrected chi connectivity index (χ0v) is 12.6. The Labute approximate surface area is 127 Å². The number of hydrogen-bond donors (Lipinski definition) is 1. The molecule has 1 aliphatic heterocycles. The van der Waals surface area contributed by atoms with Crippen LogP contribution in [0.1, 0.15) is 34.9 Å². The lowest BCUT2D eigenvalue weighted by molar-refractivity contribution is 0.0983. The van der Waals surface area contributed by atoms with Gasteiger partial charge in [-0.25, -0.2) is 4.98 Å². The Kier molecular flexibility index (Phi) is 3.90. The predicted molar refractivity (Wildman–Crippen MR) is 82.9 cm³/mol. The first-order chi connectivity index (χ1) is 10.2. The van der Waals surface area contributed by atoms with Gasteiger partial charge in [0.1, 0.15) is 16.5 Å². The number of hydrogen-bond acceptors (Lipinski definition) is 5. The molecule has 1 aromatic heterocycles. The maximum Gasteiger partial charge on any atom is 0.277 e. The third-order valence-corrected chi connectivity index (χ3v) is 4.36. The molecular formula is C15H17N3O2S. The van der Waals surface area contributed by atoms with Gasteiger partial charge in [-0.1, -0.05) is 12.1 Å². The van der Waals surface area contributed by atoms with Crippen LogP contribution < -0.4 is 15.4 Å². The predicted octanol–water partition coefficient (Wildman–Crippen LogP) is 2.59. The molecular weight excluding hydrogens is 286 g/mol. The monoisotopic (exact) mass is 303 g/mol. The van der Waals surface area contributed by atoms with E-state index >= 15 is 0 Å². The smallest absolute Gasteiger partial charge is 0.277 e. The van der Waals surface area contributed by atoms with E-state index in [4.69, 9.17) is 10.5 Å². The van der Waals surface area contributed by atoms with Crippen LogP contribution in [0.5, 0.6) is 5.75 Å². The maximum atomic E-state index is 12.7. The van der Waals surface area contributed by atoms with Gasteiger partial charge in [-0.2, -0.15) is 0 Å². The number of aromatic nitrogens is 1. The van der Waals surface area contributed by atoms with E-state index in [9.17, 15) is 4.79 Å². The molecule has 0 bridgehead atoms. The summed E-state index contributed by atoms with van der Waals surface area (Å²) < 4.78 is 5.68. The molecule has 110 valence electrons. The Morgan fingerprint density at radius 1 is 1.48 bits per heavy atom. The quantitative estimate of drug-likeness (QED) is 0.926. The summed E-state index contributed by atoms with van der Waals surface area (Å²) in [6.07, 6.45) is 0.796. The van der Waals surface area contributed by atoms with E-state index in [1.54, 1.807) is 10.3 Å². The van der Waals surface area contributed by atoms with E-state index in [1.807, 2.05) is 31.2 Å². The fraction of sp³-hybridized carbons (Fsp3) is 0.333. The second-order valence-corrected chi connectivity index (χ2v) is 5.88. The van der Waals surface area contributed by atoms with Crippen molar-refractivity contribution in [2.24, 2.45) is 5.73 Å². The highest BCUT2D eigenvalue weighted by molar-refractivity contribution is 7.09. The molecule has 1 aliphatic rings. The van der Waals surface area contributed by atoms with E-state index in [1.165, 1.54) is 11.3 Å². The van der Waals surface area contributed by atoms with Crippen molar-refractivity contribution >= 4 is 22.9 Å². The van der Waals surface area contributed by atoms with Crippen molar-refractivity contribution in [2.45, 2.75) is 19.4 Å². The average Bonchev–Trinajstić information content (AvgIpc) is 2.88. The average molecular weight is 303 g/mol. The highest BCUT2D eigenvalue weighted by Gasteiger charge is 2.25. The molecule has 0 spiro atoms. The zero-order valence-electron chi connectivity index (χ0n) is 11.8. The van der Waals surface area contributed by atoms with Crippen molar-refractivity contribution in [3.63, 3.8) is 0 Å². The number of carbonyl (C=O) groups is 1. The van der Waals surface area contributed by atoms with Crippen LogP contribution in [-0.4, -0.2) is 24.0 Å². The molecule has 0 fully saturated rings. The molecule has 2 aromatic rings. The molecule has 0 saturated carbocycles. The Balaban J connectivity index is 1.93. The number of anilines is 1. The summed E-state index contributed by atoms with van der Waals surface area (Å²) >= 11 is 1.42. The number of nitrogens with two attached hydrogens (primary N) is 1. The number of carbonyl (C=O) groups excluding carboxylic acids is 1. The van der Waals surface area contributed by atoms with E-state index in [0.29, 0.717) is 18.8 Å². The van der Waals surface area contributed by atoms with Crippen molar-refractivity contribution in [3.8, 4) is 5.75 Å². The summed E-state index contributed by atoms with van der Waals surface area (Å²) in [5.74, 6) is 0.641. The van der Waals surface area contributed by atoms with Crippen molar-refractivity contribution in [3.05, 3.63) is 40.3 Å². The molecule has 0 saturated heterocycles. The summed E-state index contributed by atoms with van der Waals surface area (Å²) in [5.41, 5.74) is 7.06. The van der Waals surface area contributed by atoms with Gasteiger partial charge < -0.3 is 15.4 Å². The second-order valence-electron chi connectivity index (χ2n) is 4.99. The van der Waals surface area contributed by atoms with E-state index < -0.39 is 0 Å². The fourth-order valence-electron chi connectivity index (χ4n) is 2.27. The number of fused-ring (bicyclic) bond motifs is 1. The van der Waals surface area contributed by atoms with Gasteiger partial charge in [0.05, 0.1) is 18.3 Å². The molecule has 0 radical (unpaired) electrons. The largest absolute Gasteiger partial charge is 0.491 e. The van der Waals surface area contributed by atoms with Crippen molar-refractivity contribution in [1.29, 1.82) is 0 Å². The van der Waals surface area contributed by atoms with Crippen LogP contribution in [0.25, 0.3) is 0 Å². The molecule has 21 heavy (non-hydrogen) atoms. The van der Waals surface area contributed by atoms with Gasteiger partial charge in [-0.3, -0.25) is 4.79 Å². The molecule has 0 aliphatic carbocycles. The third kappa shape index (κ3) is 2.77. The van der Waals surface area contributed by atoms with Crippen molar-refractivity contribution in [1.82, 2.24) is 4.98 Å². The van der Waals surface area contributed by atoms with Crippen LogP contribution in [0.3, 0.4) is 0 Å². The summed E-state index contributed by atoms with van der Waals surface area (Å²) in [7, 11) is 0. The second kappa shape index (κ2) is 5.83. The van der Waals surface area contributed by atoms with Gasteiger partial charge in [-0.15, -0.1) is 11.3 Å². The van der Waals surface area contributed by atoms with Crippen LogP contribution in [-0.2, 0) is 0 Å². The lowest BCUT2D eigenvalue weighted by atomic mass is 10.2. The minimum Gasteiger partial charge on any atom is -0.491 e. The normalized spacial score (nSPS) is 15.8. The molecule has 3 rings (SSSR count). The molecule has 1 aromatic carbocycles. The fourth-order valence-corrected chi connectivity index (χ4v) is 3.02. The van der Waals surface area contributed by atoms with Crippen LogP contribution in [0, 0.1) is 0 Å². The number of benzene rings is 1. The van der Waals surface area contributed by atoms with Crippen LogP contribution in [0.15, 0.2) is 29.6 Å². The number of rotatable bonds is 2. The SMILES string of the molecule is CC(N)c1nc(C(=O)N2CCCOc3ccccc32)cs1. The van der Waals surface area contributed by atoms with E-state index in [0.717, 1.165) is 22.9 Å². The van der Waals surface area contributed by atoms with Gasteiger partial charge in [0.25, 0.3) is 5.91 Å². The van der Waals surface area contributed by atoms with Gasteiger partial charge in [-0.05, 0) is 25.5 Å². The molecule has 1 amide bonds. The Bertz CT molecular complexity index is 654. The summed E-state index contributed by atoms with van der Waals surface area (Å²) in [6, 6.07) is 7.44. The van der Waals surface area contributed by atoms with Gasteiger partial charge >= 0.3 is 0 Å². The number of ether oxygens (including phenoxy) is 1. The third-order valence-electron chi connectivity index (χ3n) is 3.32. The minimum absolute atomic E-state index is 0.101. The Hall–Kier alpha value is -1.92. The molecule has 5 nitrogen and oxygen atoms in total. The maximum absolute atomic E-state index is 12.7. The Morgan fingerprint density at radius 3 is 3.05 bits per heavy atom. The number of thiazole rings is 1. The Morgan fingerprint density at radius 2 is 2.29 bits per heavy atom. The number of para-hydroxylation sites is 2. The molecule has 2 heterocycles. The zero-order chi connectivity index (χ0) is 14.8. The molecule has 2 N–H and O–H groups in total. The van der Waals surface area contributed by atoms with Crippen molar-refractivity contribution < 1.29 is 9.53 Å². The van der Waals surface area contributed by atoms with Crippen LogP contribution in [0.2, 0.25) is 0 Å². The lowest BCUT2D eigenvalue weighted by Gasteiger charge is -2.20. The first-order valence-corrected chi connectivity index (χ1v) is 7.79. The van der Waals surface area contributed by atoms with E-state index in [2.05, 4.69) is 4.98 Å². The van der Waals surface area contributed by atoms with Gasteiger partial charge in [0, 0.05) is 11.9 Å². The van der Waals surface area contributed by atoms with Crippen LogP contribution >= 0.6 is 11.3 Å². The summed E-state index contributed by atoms with van der Waals surface area (Å²) in [5, 5.41) is 2.55. The molecule has 1 unspecified atom stereocenters. The molecule has 1 atom stereocenters. The first-order valence-electron chi connectivity index (χ1n) is 6.91. The highest BCUT2D eigenvalue weighted by atomic mass is 32.1. The summed E-state index contributed by atoms with van der Waals surface area (Å²) in [6.45, 7) is 3.10. The van der Waals surface area contributed by atoms with Gasteiger partial charge in [0.2, 0.25) is 0 Å². The van der Waals surface area contributed by atoms with Crippen molar-refractivity contribution in [2.75, 3.05) is 18.1 Å². The standard InChI is InChI=1S/C15H17N3O2S/c1-10(16)14-17-11(9-21-14)15(19)18-7-4-8-20-13-6-3-2-5-12(13)18/h2-3,5-6,9-10H,4,7-8,16H2,1H3. The highest BCUT2D eigenvalue weighted by Crippen LogP contribution is 2.31. The lowest BCUT2D eigenvalue weighted by Crippen LogP contribution is -2.31. The minimum atomic E-state index is -0.156.